The van der Waals surface area contributed by atoms with Crippen LogP contribution in [0, 0.1) is 21.8 Å². The molecular weight excluding hydrogens is 315 g/mol. The average Bonchev–Trinajstić information content (AvgIpc) is 2.57. The maximum atomic E-state index is 14.2. The number of benzene rings is 1. The monoisotopic (exact) mass is 340 g/mol. The molecule has 0 radical (unpaired) electrons. The van der Waals surface area contributed by atoms with Crippen LogP contribution in [0.2, 0.25) is 0 Å². The molecule has 1 aromatic carbocycles. The third-order valence-electron chi connectivity index (χ3n) is 4.71. The van der Waals surface area contributed by atoms with E-state index in [-0.39, 0.29) is 29.3 Å². The number of halogens is 1. The van der Waals surface area contributed by atoms with E-state index in [1.807, 2.05) is 0 Å². The van der Waals surface area contributed by atoms with Crippen molar-refractivity contribution < 1.29 is 18.8 Å². The summed E-state index contributed by atoms with van der Waals surface area (Å²) in [4.78, 5) is 10.3. The molecule has 134 valence electrons. The van der Waals surface area contributed by atoms with Crippen molar-refractivity contribution in [1.29, 1.82) is 0 Å². The molecule has 0 amide bonds. The van der Waals surface area contributed by atoms with Crippen LogP contribution in [0.15, 0.2) is 12.1 Å². The Morgan fingerprint density at radius 2 is 2.17 bits per heavy atom. The van der Waals surface area contributed by atoms with Gasteiger partial charge in [0.2, 0.25) is 0 Å². The summed E-state index contributed by atoms with van der Waals surface area (Å²) < 4.78 is 25.1. The van der Waals surface area contributed by atoms with E-state index in [2.05, 4.69) is 19.2 Å². The van der Waals surface area contributed by atoms with E-state index >= 15 is 0 Å². The number of nitrogens with zero attached hydrogens (tertiary/aromatic N) is 1. The minimum atomic E-state index is -0.650. The van der Waals surface area contributed by atoms with Gasteiger partial charge in [0.15, 0.2) is 11.6 Å². The van der Waals surface area contributed by atoms with Crippen LogP contribution in [0.3, 0.4) is 0 Å². The maximum absolute atomic E-state index is 14.2. The van der Waals surface area contributed by atoms with Crippen LogP contribution in [-0.2, 0) is 4.74 Å². The molecule has 1 aromatic rings. The van der Waals surface area contributed by atoms with Gasteiger partial charge >= 0.3 is 5.69 Å². The topological polar surface area (TPSA) is 73.6 Å². The van der Waals surface area contributed by atoms with Crippen molar-refractivity contribution in [2.75, 3.05) is 19.0 Å². The largest absolute Gasteiger partial charge is 0.490 e. The number of nitro benzene ring substituents is 1. The number of nitro groups is 1. The smallest absolute Gasteiger partial charge is 0.313 e. The lowest BCUT2D eigenvalue weighted by molar-refractivity contribution is -0.385. The zero-order valence-corrected chi connectivity index (χ0v) is 14.4. The summed E-state index contributed by atoms with van der Waals surface area (Å²) in [6, 6.07) is 2.33. The summed E-state index contributed by atoms with van der Waals surface area (Å²) in [5, 5.41) is 14.1. The predicted molar refractivity (Wildman–Crippen MR) is 90.1 cm³/mol. The Hall–Kier alpha value is -1.89. The first-order chi connectivity index (χ1) is 11.5. The Morgan fingerprint density at radius 3 is 2.75 bits per heavy atom. The highest BCUT2D eigenvalue weighted by Gasteiger charge is 2.28. The summed E-state index contributed by atoms with van der Waals surface area (Å²) in [6.07, 6.45) is 3.83. The van der Waals surface area contributed by atoms with Crippen molar-refractivity contribution >= 4 is 11.4 Å². The molecule has 2 atom stereocenters. The summed E-state index contributed by atoms with van der Waals surface area (Å²) >= 11 is 0. The lowest BCUT2D eigenvalue weighted by Gasteiger charge is -2.35. The van der Waals surface area contributed by atoms with Crippen LogP contribution < -0.4 is 10.1 Å². The SMILES string of the molecule is CCC(CC)C1CC(Nc2cc(OC)c([N+](=O)[O-])cc2F)CCO1. The second kappa shape index (κ2) is 8.28. The fourth-order valence-corrected chi connectivity index (χ4v) is 3.28. The Kier molecular flexibility index (Phi) is 6.36. The molecule has 7 heteroatoms. The molecule has 0 bridgehead atoms. The van der Waals surface area contributed by atoms with E-state index in [0.717, 1.165) is 31.7 Å². The van der Waals surface area contributed by atoms with Crippen molar-refractivity contribution in [3.8, 4) is 5.75 Å². The highest BCUT2D eigenvalue weighted by molar-refractivity contribution is 5.59. The third-order valence-corrected chi connectivity index (χ3v) is 4.71. The molecule has 1 saturated heterocycles. The first kappa shape index (κ1) is 18.4. The number of hydrogen-bond acceptors (Lipinski definition) is 5. The van der Waals surface area contributed by atoms with E-state index in [0.29, 0.717) is 12.5 Å². The highest BCUT2D eigenvalue weighted by Crippen LogP contribution is 2.34. The second-order valence-corrected chi connectivity index (χ2v) is 6.11. The molecule has 24 heavy (non-hydrogen) atoms. The van der Waals surface area contributed by atoms with Gasteiger partial charge in [-0.15, -0.1) is 0 Å². The van der Waals surface area contributed by atoms with Gasteiger partial charge in [-0.1, -0.05) is 26.7 Å². The Bertz CT molecular complexity index is 578. The van der Waals surface area contributed by atoms with Gasteiger partial charge in [-0.05, 0) is 18.8 Å². The van der Waals surface area contributed by atoms with E-state index in [4.69, 9.17) is 9.47 Å². The standard InChI is InChI=1S/C17H25FN2O4/c1-4-11(5-2)16-8-12(6-7-24-16)19-14-10-17(23-3)15(20(21)22)9-13(14)18/h9-12,16,19H,4-8H2,1-3H3. The Balaban J connectivity index is 2.14. The minimum Gasteiger partial charge on any atom is -0.490 e. The first-order valence-electron chi connectivity index (χ1n) is 8.40. The minimum absolute atomic E-state index is 0.0486. The van der Waals surface area contributed by atoms with Gasteiger partial charge in [0, 0.05) is 18.7 Å². The van der Waals surface area contributed by atoms with Gasteiger partial charge in [-0.3, -0.25) is 10.1 Å². The molecule has 2 unspecified atom stereocenters. The van der Waals surface area contributed by atoms with Gasteiger partial charge in [0.1, 0.15) is 0 Å². The lowest BCUT2D eigenvalue weighted by Crippen LogP contribution is -2.38. The van der Waals surface area contributed by atoms with Gasteiger partial charge in [-0.2, -0.15) is 0 Å². The van der Waals surface area contributed by atoms with Crippen molar-refractivity contribution in [2.45, 2.75) is 51.7 Å². The summed E-state index contributed by atoms with van der Waals surface area (Å²) in [7, 11) is 1.33. The maximum Gasteiger partial charge on any atom is 0.313 e. The fourth-order valence-electron chi connectivity index (χ4n) is 3.28. The van der Waals surface area contributed by atoms with Gasteiger partial charge in [-0.25, -0.2) is 4.39 Å². The average molecular weight is 340 g/mol. The van der Waals surface area contributed by atoms with E-state index in [1.165, 1.54) is 13.2 Å². The fraction of sp³-hybridized carbons (Fsp3) is 0.647. The van der Waals surface area contributed by atoms with Crippen LogP contribution in [0.1, 0.15) is 39.5 Å². The van der Waals surface area contributed by atoms with E-state index < -0.39 is 10.7 Å². The van der Waals surface area contributed by atoms with Crippen LogP contribution in [0.4, 0.5) is 15.8 Å². The van der Waals surface area contributed by atoms with Crippen LogP contribution in [0.5, 0.6) is 5.75 Å². The van der Waals surface area contributed by atoms with Crippen molar-refractivity contribution in [1.82, 2.24) is 0 Å². The number of hydrogen-bond donors (Lipinski definition) is 1. The number of nitrogens with one attached hydrogen (secondary N) is 1. The summed E-state index contributed by atoms with van der Waals surface area (Å²) in [5.41, 5.74) is -0.143. The highest BCUT2D eigenvalue weighted by atomic mass is 19.1. The van der Waals surface area contributed by atoms with Gasteiger partial charge in [0.25, 0.3) is 0 Å². The summed E-state index contributed by atoms with van der Waals surface area (Å²) in [6.45, 7) is 4.93. The molecule has 0 spiro atoms. The van der Waals surface area contributed by atoms with Crippen molar-refractivity contribution in [3.63, 3.8) is 0 Å². The van der Waals surface area contributed by atoms with Crippen LogP contribution in [-0.4, -0.2) is 30.8 Å². The van der Waals surface area contributed by atoms with Gasteiger partial charge < -0.3 is 14.8 Å². The molecule has 0 aliphatic carbocycles. The second-order valence-electron chi connectivity index (χ2n) is 6.11. The van der Waals surface area contributed by atoms with Crippen molar-refractivity contribution in [2.24, 2.45) is 5.92 Å². The molecule has 0 aromatic heterocycles. The molecule has 1 aliphatic heterocycles. The predicted octanol–water partition coefficient (Wildman–Crippen LogP) is 4.14. The lowest BCUT2D eigenvalue weighted by atomic mass is 9.89. The number of methoxy groups -OCH3 is 1. The van der Waals surface area contributed by atoms with Crippen LogP contribution in [0.25, 0.3) is 0 Å². The number of ether oxygens (including phenoxy) is 2. The normalized spacial score (nSPS) is 20.9. The molecule has 0 saturated carbocycles. The zero-order chi connectivity index (χ0) is 17.7. The molecule has 1 heterocycles. The third kappa shape index (κ3) is 4.14. The summed E-state index contributed by atoms with van der Waals surface area (Å²) in [5.74, 6) is -0.105. The molecule has 2 rings (SSSR count). The van der Waals surface area contributed by atoms with Crippen LogP contribution >= 0.6 is 0 Å². The Labute approximate surface area is 141 Å². The Morgan fingerprint density at radius 1 is 1.46 bits per heavy atom. The zero-order valence-electron chi connectivity index (χ0n) is 14.4. The van der Waals surface area contributed by atoms with Gasteiger partial charge in [0.05, 0.1) is 29.9 Å². The van der Waals surface area contributed by atoms with Crippen molar-refractivity contribution in [3.05, 3.63) is 28.1 Å². The first-order valence-corrected chi connectivity index (χ1v) is 8.40. The molecular formula is C17H25FN2O4. The van der Waals surface area contributed by atoms with E-state index in [9.17, 15) is 14.5 Å². The molecule has 1 aliphatic rings. The number of rotatable bonds is 7. The number of anilines is 1. The molecule has 6 nitrogen and oxygen atoms in total. The quantitative estimate of drug-likeness (QED) is 0.596. The van der Waals surface area contributed by atoms with E-state index in [1.54, 1.807) is 0 Å². The molecule has 1 fully saturated rings. The molecule has 1 N–H and O–H groups in total.